The molecular formula is C9H15N3O2. The average molecular weight is 197 g/mol. The average Bonchev–Trinajstić information content (AvgIpc) is 2.47. The van der Waals surface area contributed by atoms with Gasteiger partial charge in [0.15, 0.2) is 0 Å². The van der Waals surface area contributed by atoms with Gasteiger partial charge in [0.25, 0.3) is 0 Å². The molecule has 14 heavy (non-hydrogen) atoms. The van der Waals surface area contributed by atoms with Crippen LogP contribution in [0.2, 0.25) is 0 Å². The van der Waals surface area contributed by atoms with Gasteiger partial charge in [-0.15, -0.1) is 0 Å². The quantitative estimate of drug-likeness (QED) is 0.725. The fraction of sp³-hybridized carbons (Fsp3) is 0.556. The Bertz CT molecular complexity index is 307. The number of carbonyl (C=O) groups excluding carboxylic acids is 1. The Kier molecular flexibility index (Phi) is 3.50. The molecule has 0 radical (unpaired) electrons. The first-order valence-corrected chi connectivity index (χ1v) is 4.50. The molecule has 0 amide bonds. The van der Waals surface area contributed by atoms with Crippen LogP contribution >= 0.6 is 0 Å². The van der Waals surface area contributed by atoms with Crippen molar-refractivity contribution in [3.8, 4) is 0 Å². The molecule has 1 heterocycles. The molecule has 1 N–H and O–H groups in total. The summed E-state index contributed by atoms with van der Waals surface area (Å²) < 4.78 is 6.61. The summed E-state index contributed by atoms with van der Waals surface area (Å²) in [5, 5.41) is 6.87. The molecule has 78 valence electrons. The van der Waals surface area contributed by atoms with Crippen molar-refractivity contribution in [2.24, 2.45) is 7.05 Å². The molecule has 0 saturated heterocycles. The molecular weight excluding hydrogens is 182 g/mol. The molecule has 0 aliphatic rings. The molecule has 0 bridgehead atoms. The third kappa shape index (κ3) is 3.47. The lowest BCUT2D eigenvalue weighted by atomic mass is 10.5. The molecule has 5 heteroatoms. The van der Waals surface area contributed by atoms with Gasteiger partial charge in [0.2, 0.25) is 0 Å². The molecule has 0 aromatic carbocycles. The smallest absolute Gasteiger partial charge is 0.325 e. The van der Waals surface area contributed by atoms with E-state index >= 15 is 0 Å². The Morgan fingerprint density at radius 1 is 1.71 bits per heavy atom. The fourth-order valence-electron chi connectivity index (χ4n) is 0.991. The first-order chi connectivity index (χ1) is 6.58. The molecule has 1 rings (SSSR count). The van der Waals surface area contributed by atoms with Crippen LogP contribution in [0.4, 0.5) is 5.69 Å². The van der Waals surface area contributed by atoms with Crippen molar-refractivity contribution in [3.05, 3.63) is 12.4 Å². The van der Waals surface area contributed by atoms with E-state index in [1.165, 1.54) is 0 Å². The zero-order chi connectivity index (χ0) is 10.6. The third-order valence-corrected chi connectivity index (χ3v) is 1.51. The van der Waals surface area contributed by atoms with Crippen LogP contribution in [0, 0.1) is 0 Å². The van der Waals surface area contributed by atoms with Crippen LogP contribution in [0.3, 0.4) is 0 Å². The second-order valence-electron chi connectivity index (χ2n) is 3.29. The van der Waals surface area contributed by atoms with Crippen LogP contribution in [-0.2, 0) is 16.6 Å². The van der Waals surface area contributed by atoms with Gasteiger partial charge in [-0.1, -0.05) is 0 Å². The van der Waals surface area contributed by atoms with Gasteiger partial charge in [-0.2, -0.15) is 5.10 Å². The van der Waals surface area contributed by atoms with Gasteiger partial charge in [0.05, 0.1) is 18.0 Å². The monoisotopic (exact) mass is 197 g/mol. The van der Waals surface area contributed by atoms with Gasteiger partial charge in [0.1, 0.15) is 6.54 Å². The van der Waals surface area contributed by atoms with E-state index in [0.717, 1.165) is 5.69 Å². The molecule has 1 aromatic heterocycles. The predicted octanol–water partition coefficient (Wildman–Crippen LogP) is 0.784. The van der Waals surface area contributed by atoms with Crippen molar-refractivity contribution in [1.29, 1.82) is 0 Å². The normalized spacial score (nSPS) is 10.3. The highest BCUT2D eigenvalue weighted by atomic mass is 16.5. The van der Waals surface area contributed by atoms with Crippen molar-refractivity contribution in [2.45, 2.75) is 20.0 Å². The fourth-order valence-corrected chi connectivity index (χ4v) is 0.991. The second kappa shape index (κ2) is 4.64. The van der Waals surface area contributed by atoms with Gasteiger partial charge in [0, 0.05) is 13.2 Å². The van der Waals surface area contributed by atoms with Crippen LogP contribution in [0.15, 0.2) is 12.4 Å². The topological polar surface area (TPSA) is 56.1 Å². The first kappa shape index (κ1) is 10.6. The molecule has 0 atom stereocenters. The minimum Gasteiger partial charge on any atom is -0.462 e. The number of carbonyl (C=O) groups is 1. The summed E-state index contributed by atoms with van der Waals surface area (Å²) >= 11 is 0. The van der Waals surface area contributed by atoms with E-state index < -0.39 is 0 Å². The van der Waals surface area contributed by atoms with Gasteiger partial charge in [-0.3, -0.25) is 9.48 Å². The van der Waals surface area contributed by atoms with Crippen LogP contribution in [-0.4, -0.2) is 28.4 Å². The van der Waals surface area contributed by atoms with Crippen molar-refractivity contribution in [2.75, 3.05) is 11.9 Å². The Labute approximate surface area is 83.1 Å². The number of nitrogens with zero attached hydrogens (tertiary/aromatic N) is 2. The van der Waals surface area contributed by atoms with E-state index in [4.69, 9.17) is 4.74 Å². The van der Waals surface area contributed by atoms with Gasteiger partial charge < -0.3 is 10.1 Å². The number of esters is 1. The lowest BCUT2D eigenvalue weighted by Crippen LogP contribution is -2.20. The number of nitrogens with one attached hydrogen (secondary N) is 1. The number of hydrogen-bond acceptors (Lipinski definition) is 4. The highest BCUT2D eigenvalue weighted by Crippen LogP contribution is 2.02. The van der Waals surface area contributed by atoms with Gasteiger partial charge >= 0.3 is 5.97 Å². The van der Waals surface area contributed by atoms with E-state index in [2.05, 4.69) is 10.4 Å². The summed E-state index contributed by atoms with van der Waals surface area (Å²) in [5.41, 5.74) is 0.813. The Morgan fingerprint density at radius 3 is 2.93 bits per heavy atom. The maximum Gasteiger partial charge on any atom is 0.325 e. The van der Waals surface area contributed by atoms with E-state index in [1.807, 2.05) is 20.9 Å². The summed E-state index contributed by atoms with van der Waals surface area (Å²) in [6.07, 6.45) is 3.38. The lowest BCUT2D eigenvalue weighted by molar-refractivity contribution is -0.145. The van der Waals surface area contributed by atoms with Crippen molar-refractivity contribution >= 4 is 11.7 Å². The number of hydrogen-bond donors (Lipinski definition) is 1. The highest BCUT2D eigenvalue weighted by Gasteiger charge is 2.05. The molecule has 0 unspecified atom stereocenters. The number of ether oxygens (including phenoxy) is 1. The van der Waals surface area contributed by atoms with Crippen LogP contribution < -0.4 is 5.32 Å². The summed E-state index contributed by atoms with van der Waals surface area (Å²) in [5.74, 6) is -0.260. The number of rotatable bonds is 4. The SMILES string of the molecule is CC(C)OC(=O)CNc1cnn(C)c1. The van der Waals surface area contributed by atoms with Crippen molar-refractivity contribution in [1.82, 2.24) is 9.78 Å². The van der Waals surface area contributed by atoms with Gasteiger partial charge in [-0.05, 0) is 13.8 Å². The summed E-state index contributed by atoms with van der Waals surface area (Å²) in [6.45, 7) is 3.81. The lowest BCUT2D eigenvalue weighted by Gasteiger charge is -2.07. The molecule has 5 nitrogen and oxygen atoms in total. The zero-order valence-corrected chi connectivity index (χ0v) is 8.65. The van der Waals surface area contributed by atoms with Crippen LogP contribution in [0.5, 0.6) is 0 Å². The minimum atomic E-state index is -0.260. The predicted molar refractivity (Wildman–Crippen MR) is 52.9 cm³/mol. The second-order valence-corrected chi connectivity index (χ2v) is 3.29. The standard InChI is InChI=1S/C9H15N3O2/c1-7(2)14-9(13)5-10-8-4-11-12(3)6-8/h4,6-7,10H,5H2,1-3H3. The Balaban J connectivity index is 2.30. The summed E-state index contributed by atoms with van der Waals surface area (Å²) in [6, 6.07) is 0. The number of aromatic nitrogens is 2. The van der Waals surface area contributed by atoms with E-state index in [1.54, 1.807) is 17.1 Å². The van der Waals surface area contributed by atoms with Crippen LogP contribution in [0.25, 0.3) is 0 Å². The van der Waals surface area contributed by atoms with E-state index in [-0.39, 0.29) is 18.6 Å². The molecule has 0 spiro atoms. The Hall–Kier alpha value is -1.52. The molecule has 0 saturated carbocycles. The molecule has 0 aliphatic carbocycles. The Morgan fingerprint density at radius 2 is 2.43 bits per heavy atom. The first-order valence-electron chi connectivity index (χ1n) is 4.50. The third-order valence-electron chi connectivity index (χ3n) is 1.51. The van der Waals surface area contributed by atoms with E-state index in [0.29, 0.717) is 0 Å². The van der Waals surface area contributed by atoms with E-state index in [9.17, 15) is 4.79 Å². The summed E-state index contributed by atoms with van der Waals surface area (Å²) in [4.78, 5) is 11.1. The summed E-state index contributed by atoms with van der Waals surface area (Å²) in [7, 11) is 1.82. The van der Waals surface area contributed by atoms with Crippen LogP contribution in [0.1, 0.15) is 13.8 Å². The highest BCUT2D eigenvalue weighted by molar-refractivity contribution is 5.74. The maximum absolute atomic E-state index is 11.1. The minimum absolute atomic E-state index is 0.0711. The number of anilines is 1. The maximum atomic E-state index is 11.1. The van der Waals surface area contributed by atoms with Gasteiger partial charge in [-0.25, -0.2) is 0 Å². The zero-order valence-electron chi connectivity index (χ0n) is 8.65. The number of aryl methyl sites for hydroxylation is 1. The van der Waals surface area contributed by atoms with Crippen molar-refractivity contribution < 1.29 is 9.53 Å². The molecule has 0 fully saturated rings. The van der Waals surface area contributed by atoms with Crippen molar-refractivity contribution in [3.63, 3.8) is 0 Å². The largest absolute Gasteiger partial charge is 0.462 e. The molecule has 1 aromatic rings. The molecule has 0 aliphatic heterocycles.